The van der Waals surface area contributed by atoms with E-state index in [1.54, 1.807) is 16.5 Å². The monoisotopic (exact) mass is 564 g/mol. The van der Waals surface area contributed by atoms with Crippen LogP contribution in [0.15, 0.2) is 42.3 Å². The molecule has 7 nitrogen and oxygen atoms in total. The molecule has 1 aliphatic rings. The number of benzene rings is 1. The van der Waals surface area contributed by atoms with Crippen molar-refractivity contribution in [1.82, 2.24) is 19.7 Å². The normalized spacial score (nSPS) is 15.5. The Balaban J connectivity index is 1.81. The number of thiophene rings is 1. The smallest absolute Gasteiger partial charge is 0.434 e. The van der Waals surface area contributed by atoms with Crippen LogP contribution in [0.4, 0.5) is 22.0 Å². The Bertz CT molecular complexity index is 1600. The average Bonchev–Trinajstić information content (AvgIpc) is 3.54. The molecule has 0 bridgehead atoms. The first-order chi connectivity index (χ1) is 18.5. The third kappa shape index (κ3) is 4.65. The summed E-state index contributed by atoms with van der Waals surface area (Å²) >= 11 is 0.932. The van der Waals surface area contributed by atoms with Crippen molar-refractivity contribution >= 4 is 27.3 Å². The summed E-state index contributed by atoms with van der Waals surface area (Å²) in [6.07, 6.45) is -3.67. The van der Waals surface area contributed by atoms with E-state index in [2.05, 4.69) is 16.7 Å². The lowest BCUT2D eigenvalue weighted by Gasteiger charge is -2.33. The predicted molar refractivity (Wildman–Crippen MR) is 134 cm³/mol. The molecule has 0 saturated heterocycles. The molecule has 1 atom stereocenters. The number of rotatable bonds is 6. The topological polar surface area (TPSA) is 80.5 Å². The van der Waals surface area contributed by atoms with Gasteiger partial charge < -0.3 is 14.7 Å². The van der Waals surface area contributed by atoms with Crippen LogP contribution in [0.5, 0.6) is 5.75 Å². The van der Waals surface area contributed by atoms with Crippen molar-refractivity contribution < 1.29 is 36.6 Å². The van der Waals surface area contributed by atoms with Crippen molar-refractivity contribution in [2.24, 2.45) is 0 Å². The molecular weight excluding hydrogens is 543 g/mol. The van der Waals surface area contributed by atoms with Crippen LogP contribution >= 0.6 is 11.3 Å². The van der Waals surface area contributed by atoms with Crippen LogP contribution in [0.1, 0.15) is 24.4 Å². The molecule has 4 heterocycles. The lowest BCUT2D eigenvalue weighted by molar-refractivity contribution is -0.139. The van der Waals surface area contributed by atoms with Crippen molar-refractivity contribution in [2.75, 3.05) is 19.8 Å². The van der Waals surface area contributed by atoms with Gasteiger partial charge in [-0.05, 0) is 30.5 Å². The van der Waals surface area contributed by atoms with Gasteiger partial charge in [0.25, 0.3) is 0 Å². The van der Waals surface area contributed by atoms with Crippen LogP contribution in [0.3, 0.4) is 0 Å². The molecule has 0 saturated carbocycles. The minimum atomic E-state index is -4.84. The molecule has 204 valence electrons. The summed E-state index contributed by atoms with van der Waals surface area (Å²) in [7, 11) is 0. The largest absolute Gasteiger partial charge is 0.490 e. The van der Waals surface area contributed by atoms with Gasteiger partial charge in [-0.3, -0.25) is 9.48 Å². The van der Waals surface area contributed by atoms with Crippen LogP contribution in [0, 0.1) is 11.6 Å². The second-order valence-electron chi connectivity index (χ2n) is 8.77. The number of alkyl halides is 3. The Morgan fingerprint density at radius 1 is 1.26 bits per heavy atom. The van der Waals surface area contributed by atoms with Crippen LogP contribution in [0.25, 0.3) is 32.6 Å². The fourth-order valence-corrected chi connectivity index (χ4v) is 5.71. The number of fused-ring (bicyclic) bond motifs is 2. The average molecular weight is 565 g/mol. The maximum atomic E-state index is 15.4. The molecule has 1 N–H and O–H groups in total. The quantitative estimate of drug-likeness (QED) is 0.244. The highest BCUT2D eigenvalue weighted by Gasteiger charge is 2.38. The number of halogens is 5. The molecule has 0 unspecified atom stereocenters. The number of hydrogen-bond acceptors (Lipinski definition) is 6. The SMILES string of the molecule is C=CC(=O)N1CCn2nc(-c3nc(C(F)(F)F)c4ccsc4c3-c3c(F)cc(F)cc3OCCO)cc2[C@@H]1C. The van der Waals surface area contributed by atoms with Gasteiger partial charge in [0.15, 0.2) is 5.69 Å². The number of nitrogens with zero attached hydrogens (tertiary/aromatic N) is 4. The molecule has 1 aromatic carbocycles. The van der Waals surface area contributed by atoms with E-state index in [0.717, 1.165) is 17.4 Å². The number of aliphatic hydroxyl groups is 1. The molecule has 39 heavy (non-hydrogen) atoms. The van der Waals surface area contributed by atoms with Crippen molar-refractivity contribution in [3.05, 3.63) is 65.3 Å². The molecule has 1 aliphatic heterocycles. The van der Waals surface area contributed by atoms with E-state index in [0.29, 0.717) is 18.3 Å². The summed E-state index contributed by atoms with van der Waals surface area (Å²) in [5, 5.41) is 14.9. The molecule has 1 amide bonds. The molecule has 4 aromatic rings. The first-order valence-electron chi connectivity index (χ1n) is 11.8. The summed E-state index contributed by atoms with van der Waals surface area (Å²) in [6.45, 7) is 5.04. The highest BCUT2D eigenvalue weighted by molar-refractivity contribution is 7.17. The van der Waals surface area contributed by atoms with Gasteiger partial charge in [-0.1, -0.05) is 6.58 Å². The summed E-state index contributed by atoms with van der Waals surface area (Å²) < 4.78 is 79.1. The molecular formula is C26H21F5N4O3S. The Morgan fingerprint density at radius 2 is 2.03 bits per heavy atom. The first-order valence-corrected chi connectivity index (χ1v) is 12.7. The van der Waals surface area contributed by atoms with Crippen molar-refractivity contribution in [2.45, 2.75) is 25.7 Å². The molecule has 5 rings (SSSR count). The van der Waals surface area contributed by atoms with Gasteiger partial charge in [0.2, 0.25) is 5.91 Å². The lowest BCUT2D eigenvalue weighted by Crippen LogP contribution is -2.40. The molecule has 3 aromatic heterocycles. The van der Waals surface area contributed by atoms with E-state index in [4.69, 9.17) is 4.74 Å². The van der Waals surface area contributed by atoms with Crippen molar-refractivity contribution in [3.63, 3.8) is 0 Å². The van der Waals surface area contributed by atoms with E-state index < -0.39 is 36.2 Å². The predicted octanol–water partition coefficient (Wildman–Crippen LogP) is 5.58. The van der Waals surface area contributed by atoms with Gasteiger partial charge in [-0.2, -0.15) is 18.3 Å². The minimum Gasteiger partial charge on any atom is -0.490 e. The highest BCUT2D eigenvalue weighted by atomic mass is 32.1. The van der Waals surface area contributed by atoms with E-state index in [1.807, 2.05) is 0 Å². The number of ether oxygens (including phenoxy) is 1. The molecule has 0 radical (unpaired) electrons. The standard InChI is InChI=1S/C26H21F5N4O3S/c1-3-20(37)34-5-6-35-18(13(34)2)12-17(33-35)23-22(21-16(28)10-14(27)11-19(21)38-8-7-36)24-15(4-9-39-24)25(32-23)26(29,30)31/h3-4,9-13,36H,1,5-8H2,2H3/t13-/m0/s1. The van der Waals surface area contributed by atoms with Crippen molar-refractivity contribution in [3.8, 4) is 28.3 Å². The fraction of sp³-hybridized carbons (Fsp3) is 0.269. The van der Waals surface area contributed by atoms with E-state index >= 15 is 4.39 Å². The Morgan fingerprint density at radius 3 is 2.72 bits per heavy atom. The molecule has 0 spiro atoms. The van der Waals surface area contributed by atoms with E-state index in [-0.39, 0.29) is 57.4 Å². The van der Waals surface area contributed by atoms with Crippen LogP contribution in [0.2, 0.25) is 0 Å². The fourth-order valence-electron chi connectivity index (χ4n) is 4.76. The van der Waals surface area contributed by atoms with Gasteiger partial charge >= 0.3 is 6.18 Å². The first kappa shape index (κ1) is 26.8. The van der Waals surface area contributed by atoms with Crippen LogP contribution < -0.4 is 4.74 Å². The van der Waals surface area contributed by atoms with E-state index in [9.17, 15) is 27.5 Å². The summed E-state index contributed by atoms with van der Waals surface area (Å²) in [5.74, 6) is -2.67. The van der Waals surface area contributed by atoms with Crippen molar-refractivity contribution in [1.29, 1.82) is 0 Å². The van der Waals surface area contributed by atoms with Gasteiger partial charge in [-0.15, -0.1) is 11.3 Å². The number of amides is 1. The van der Waals surface area contributed by atoms with Gasteiger partial charge in [-0.25, -0.2) is 13.8 Å². The van der Waals surface area contributed by atoms with E-state index in [1.165, 1.54) is 23.6 Å². The summed E-state index contributed by atoms with van der Waals surface area (Å²) in [4.78, 5) is 17.8. The number of aromatic nitrogens is 3. The third-order valence-electron chi connectivity index (χ3n) is 6.45. The number of pyridine rings is 1. The summed E-state index contributed by atoms with van der Waals surface area (Å²) in [6, 6.07) is 3.76. The molecule has 0 fully saturated rings. The second kappa shape index (κ2) is 10.0. The number of hydrogen-bond donors (Lipinski definition) is 1. The minimum absolute atomic E-state index is 0.0115. The zero-order valence-electron chi connectivity index (χ0n) is 20.4. The zero-order chi connectivity index (χ0) is 28.1. The molecule has 13 heteroatoms. The number of carbonyl (C=O) groups is 1. The zero-order valence-corrected chi connectivity index (χ0v) is 21.2. The second-order valence-corrected chi connectivity index (χ2v) is 9.68. The van der Waals surface area contributed by atoms with Gasteiger partial charge in [0, 0.05) is 34.3 Å². The third-order valence-corrected chi connectivity index (χ3v) is 7.39. The number of aliphatic hydroxyl groups excluding tert-OH is 1. The highest BCUT2D eigenvalue weighted by Crippen LogP contribution is 2.48. The van der Waals surface area contributed by atoms with Crippen LogP contribution in [-0.4, -0.2) is 50.4 Å². The number of carbonyl (C=O) groups excluding carboxylic acids is 1. The van der Waals surface area contributed by atoms with Gasteiger partial charge in [0.1, 0.15) is 35.4 Å². The maximum absolute atomic E-state index is 15.4. The Hall–Kier alpha value is -3.84. The lowest BCUT2D eigenvalue weighted by atomic mass is 9.97. The maximum Gasteiger partial charge on any atom is 0.434 e. The Labute approximate surface area is 222 Å². The van der Waals surface area contributed by atoms with Crippen LogP contribution in [-0.2, 0) is 17.5 Å². The summed E-state index contributed by atoms with van der Waals surface area (Å²) in [5.41, 5.74) is -1.28. The molecule has 0 aliphatic carbocycles. The van der Waals surface area contributed by atoms with Gasteiger partial charge in [0.05, 0.1) is 30.5 Å². The Kier molecular flexibility index (Phi) is 6.89.